The molecule has 8 heavy (non-hydrogen) atoms. The second-order valence-electron chi connectivity index (χ2n) is 1.39. The Kier molecular flexibility index (Phi) is 3.44. The van der Waals surface area contributed by atoms with E-state index in [1.807, 2.05) is 9.24 Å². The van der Waals surface area contributed by atoms with Gasteiger partial charge in [0.15, 0.2) is 6.29 Å². The Labute approximate surface area is 49.0 Å². The molecule has 0 fully saturated rings. The van der Waals surface area contributed by atoms with Crippen LogP contribution in [0.5, 0.6) is 0 Å². The van der Waals surface area contributed by atoms with E-state index in [0.717, 1.165) is 0 Å². The third-order valence-corrected chi connectivity index (χ3v) is 1.05. The van der Waals surface area contributed by atoms with Gasteiger partial charge in [-0.05, 0) is 0 Å². The van der Waals surface area contributed by atoms with Gasteiger partial charge in [0.05, 0.1) is 5.85 Å². The molecule has 4 nitrogen and oxygen atoms in total. The first-order valence-electron chi connectivity index (χ1n) is 2.03. The standard InChI is InChI=1S/C3H9O4P/c4-1(2(5)6)3(7)8/h1-7H,8H2. The maximum Gasteiger partial charge on any atom is 0.181 e. The molecule has 0 bridgehead atoms. The van der Waals surface area contributed by atoms with Gasteiger partial charge in [0.2, 0.25) is 0 Å². The predicted octanol–water partition coefficient (Wildman–Crippen LogP) is -2.15. The van der Waals surface area contributed by atoms with Crippen LogP contribution in [0, 0.1) is 0 Å². The Morgan fingerprint density at radius 1 is 1.00 bits per heavy atom. The highest BCUT2D eigenvalue weighted by Gasteiger charge is 2.17. The van der Waals surface area contributed by atoms with E-state index in [-0.39, 0.29) is 0 Å². The summed E-state index contributed by atoms with van der Waals surface area (Å²) < 4.78 is 0. The summed E-state index contributed by atoms with van der Waals surface area (Å²) in [6.45, 7) is 0. The molecule has 0 saturated heterocycles. The number of hydrogen-bond donors (Lipinski definition) is 4. The van der Waals surface area contributed by atoms with Crippen molar-refractivity contribution in [3.63, 3.8) is 0 Å². The van der Waals surface area contributed by atoms with E-state index in [9.17, 15) is 0 Å². The van der Waals surface area contributed by atoms with Gasteiger partial charge >= 0.3 is 0 Å². The Morgan fingerprint density at radius 2 is 1.38 bits per heavy atom. The lowest BCUT2D eigenvalue weighted by Crippen LogP contribution is -2.33. The van der Waals surface area contributed by atoms with Crippen molar-refractivity contribution >= 4 is 9.24 Å². The maximum absolute atomic E-state index is 8.43. The Balaban J connectivity index is 3.46. The maximum atomic E-state index is 8.43. The fourth-order valence-electron chi connectivity index (χ4n) is 0.176. The van der Waals surface area contributed by atoms with Crippen molar-refractivity contribution in [1.29, 1.82) is 0 Å². The fraction of sp³-hybridized carbons (Fsp3) is 1.00. The molecule has 0 aliphatic rings. The highest BCUT2D eigenvalue weighted by atomic mass is 31.0. The van der Waals surface area contributed by atoms with Crippen LogP contribution in [0.1, 0.15) is 0 Å². The number of rotatable bonds is 2. The molecule has 5 heteroatoms. The third kappa shape index (κ3) is 2.55. The minimum Gasteiger partial charge on any atom is -0.386 e. The van der Waals surface area contributed by atoms with Gasteiger partial charge in [-0.1, -0.05) is 0 Å². The lowest BCUT2D eigenvalue weighted by Gasteiger charge is -2.13. The molecule has 3 atom stereocenters. The van der Waals surface area contributed by atoms with Gasteiger partial charge in [-0.15, -0.1) is 9.24 Å². The second kappa shape index (κ2) is 3.33. The molecule has 3 unspecified atom stereocenters. The SMILES string of the molecule is OC(O)C(O)C(O)P. The summed E-state index contributed by atoms with van der Waals surface area (Å²) in [5.74, 6) is -1.19. The normalized spacial score (nSPS) is 18.8. The number of aliphatic hydroxyl groups excluding tert-OH is 3. The fourth-order valence-corrected chi connectivity index (χ4v) is 0.375. The third-order valence-electron chi connectivity index (χ3n) is 0.655. The van der Waals surface area contributed by atoms with Crippen molar-refractivity contribution < 1.29 is 20.4 Å². The zero-order valence-corrected chi connectivity index (χ0v) is 5.25. The zero-order valence-electron chi connectivity index (χ0n) is 4.10. The first-order chi connectivity index (χ1) is 3.55. The van der Waals surface area contributed by atoms with Crippen LogP contribution in [0.25, 0.3) is 0 Å². The Hall–Kier alpha value is 0.270. The van der Waals surface area contributed by atoms with E-state index in [1.165, 1.54) is 0 Å². The minimum atomic E-state index is -1.87. The van der Waals surface area contributed by atoms with Crippen LogP contribution < -0.4 is 0 Å². The quantitative estimate of drug-likeness (QED) is 0.260. The van der Waals surface area contributed by atoms with Crippen LogP contribution in [0.15, 0.2) is 0 Å². The molecule has 0 aromatic carbocycles. The summed E-state index contributed by atoms with van der Waals surface area (Å²) in [5.41, 5.74) is 0. The molecule has 0 aliphatic heterocycles. The van der Waals surface area contributed by atoms with Crippen LogP contribution in [0.4, 0.5) is 0 Å². The molecule has 0 rings (SSSR count). The highest BCUT2D eigenvalue weighted by molar-refractivity contribution is 7.17. The summed E-state index contributed by atoms with van der Waals surface area (Å²) >= 11 is 0. The minimum absolute atomic E-state index is 1.19. The Morgan fingerprint density at radius 3 is 1.38 bits per heavy atom. The van der Waals surface area contributed by atoms with E-state index >= 15 is 0 Å². The second-order valence-corrected chi connectivity index (χ2v) is 2.08. The topological polar surface area (TPSA) is 80.9 Å². The van der Waals surface area contributed by atoms with Crippen molar-refractivity contribution in [3.8, 4) is 0 Å². The van der Waals surface area contributed by atoms with Gasteiger partial charge in [-0.3, -0.25) is 0 Å². The van der Waals surface area contributed by atoms with Gasteiger partial charge in [0.1, 0.15) is 6.10 Å². The first-order valence-corrected chi connectivity index (χ1v) is 2.70. The van der Waals surface area contributed by atoms with Crippen LogP contribution in [-0.2, 0) is 0 Å². The zero-order chi connectivity index (χ0) is 6.73. The van der Waals surface area contributed by atoms with Crippen LogP contribution in [-0.4, -0.2) is 38.7 Å². The first kappa shape index (κ1) is 8.27. The summed E-state index contributed by atoms with van der Waals surface area (Å²) in [6, 6.07) is 0. The monoisotopic (exact) mass is 140 g/mol. The lowest BCUT2D eigenvalue weighted by atomic mass is 10.4. The lowest BCUT2D eigenvalue weighted by molar-refractivity contribution is -0.141. The van der Waals surface area contributed by atoms with Crippen LogP contribution >= 0.6 is 9.24 Å². The molecule has 0 amide bonds. The average molecular weight is 140 g/mol. The van der Waals surface area contributed by atoms with Crippen molar-refractivity contribution in [2.24, 2.45) is 0 Å². The smallest absolute Gasteiger partial charge is 0.181 e. The molecular formula is C3H9O4P. The average Bonchev–Trinajstić information content (AvgIpc) is 1.64. The van der Waals surface area contributed by atoms with Crippen molar-refractivity contribution in [2.45, 2.75) is 18.2 Å². The molecule has 0 aromatic rings. The van der Waals surface area contributed by atoms with Crippen molar-refractivity contribution in [2.75, 3.05) is 0 Å². The van der Waals surface area contributed by atoms with E-state index in [2.05, 4.69) is 0 Å². The molecule has 0 radical (unpaired) electrons. The van der Waals surface area contributed by atoms with Gasteiger partial charge < -0.3 is 20.4 Å². The van der Waals surface area contributed by atoms with E-state index in [1.54, 1.807) is 0 Å². The van der Waals surface area contributed by atoms with Crippen molar-refractivity contribution in [3.05, 3.63) is 0 Å². The van der Waals surface area contributed by atoms with Gasteiger partial charge in [-0.25, -0.2) is 0 Å². The van der Waals surface area contributed by atoms with Gasteiger partial charge in [-0.2, -0.15) is 0 Å². The summed E-state index contributed by atoms with van der Waals surface area (Å²) in [7, 11) is 1.83. The van der Waals surface area contributed by atoms with Crippen LogP contribution in [0.3, 0.4) is 0 Å². The number of aliphatic hydroxyl groups is 4. The van der Waals surface area contributed by atoms with E-state index in [0.29, 0.717) is 0 Å². The van der Waals surface area contributed by atoms with Crippen molar-refractivity contribution in [1.82, 2.24) is 0 Å². The van der Waals surface area contributed by atoms with E-state index < -0.39 is 18.2 Å². The number of hydrogen-bond acceptors (Lipinski definition) is 4. The molecule has 0 saturated carbocycles. The molecule has 0 aromatic heterocycles. The van der Waals surface area contributed by atoms with Gasteiger partial charge in [0.25, 0.3) is 0 Å². The highest BCUT2D eigenvalue weighted by Crippen LogP contribution is 2.03. The molecule has 50 valence electrons. The predicted molar refractivity (Wildman–Crippen MR) is 29.9 cm³/mol. The van der Waals surface area contributed by atoms with Crippen LogP contribution in [0.2, 0.25) is 0 Å². The summed E-state index contributed by atoms with van der Waals surface area (Å²) in [6.07, 6.45) is -3.37. The molecule has 0 aliphatic carbocycles. The summed E-state index contributed by atoms with van der Waals surface area (Å²) in [5, 5.41) is 33.1. The molecule has 0 spiro atoms. The molecule has 4 N–H and O–H groups in total. The van der Waals surface area contributed by atoms with Gasteiger partial charge in [0, 0.05) is 0 Å². The molecule has 0 heterocycles. The Bertz CT molecular complexity index is 56.3. The largest absolute Gasteiger partial charge is 0.386 e. The molecular weight excluding hydrogens is 131 g/mol. The summed E-state index contributed by atoms with van der Waals surface area (Å²) in [4.78, 5) is 0. The van der Waals surface area contributed by atoms with E-state index in [4.69, 9.17) is 20.4 Å².